The summed E-state index contributed by atoms with van der Waals surface area (Å²) in [6.07, 6.45) is 1.06. The Kier molecular flexibility index (Phi) is 5.82. The molecule has 2 atom stereocenters. The molecule has 0 saturated carbocycles. The van der Waals surface area contributed by atoms with Crippen LogP contribution in [0, 0.1) is 13.8 Å². The van der Waals surface area contributed by atoms with Crippen molar-refractivity contribution < 1.29 is 9.59 Å². The molecule has 1 fully saturated rings. The van der Waals surface area contributed by atoms with E-state index in [9.17, 15) is 9.59 Å². The Bertz CT molecular complexity index is 622. The van der Waals surface area contributed by atoms with Gasteiger partial charge in [-0.15, -0.1) is 0 Å². The van der Waals surface area contributed by atoms with E-state index >= 15 is 0 Å². The summed E-state index contributed by atoms with van der Waals surface area (Å²) in [5, 5.41) is 5.88. The number of thioether (sulfide) groups is 1. The highest BCUT2D eigenvalue weighted by Crippen LogP contribution is 2.25. The Morgan fingerprint density at radius 3 is 2.65 bits per heavy atom. The van der Waals surface area contributed by atoms with Crippen molar-refractivity contribution in [3.8, 4) is 0 Å². The van der Waals surface area contributed by atoms with Gasteiger partial charge in [0.05, 0.1) is 0 Å². The van der Waals surface area contributed by atoms with Gasteiger partial charge in [0.2, 0.25) is 11.8 Å². The average molecular weight is 333 g/mol. The van der Waals surface area contributed by atoms with Crippen LogP contribution in [0.2, 0.25) is 0 Å². The summed E-state index contributed by atoms with van der Waals surface area (Å²) >= 11 is 1.34. The smallest absolute Gasteiger partial charge is 0.240 e. The van der Waals surface area contributed by atoms with Crippen molar-refractivity contribution in [2.45, 2.75) is 51.8 Å². The highest BCUT2D eigenvalue weighted by molar-refractivity contribution is 8.15. The fourth-order valence-corrected chi connectivity index (χ4v) is 3.33. The molecule has 1 aromatic carbocycles. The van der Waals surface area contributed by atoms with Gasteiger partial charge in [-0.25, -0.2) is 0 Å². The molecule has 0 bridgehead atoms. The van der Waals surface area contributed by atoms with Crippen molar-refractivity contribution in [2.24, 2.45) is 4.99 Å². The van der Waals surface area contributed by atoms with Crippen molar-refractivity contribution in [1.29, 1.82) is 0 Å². The summed E-state index contributed by atoms with van der Waals surface area (Å²) in [6, 6.07) is 6.03. The zero-order valence-corrected chi connectivity index (χ0v) is 14.8. The first-order valence-corrected chi connectivity index (χ1v) is 8.70. The number of nitrogens with one attached hydrogen (secondary N) is 2. The van der Waals surface area contributed by atoms with Crippen LogP contribution in [0.25, 0.3) is 0 Å². The second-order valence-corrected chi connectivity index (χ2v) is 7.00. The molecule has 1 aliphatic rings. The molecule has 2 unspecified atom stereocenters. The molecular formula is C17H23N3O2S. The molecule has 1 aromatic rings. The normalized spacial score (nSPS) is 20.4. The number of benzene rings is 1. The lowest BCUT2D eigenvalue weighted by molar-refractivity contribution is -0.122. The number of hydrogen-bond donors (Lipinski definition) is 2. The van der Waals surface area contributed by atoms with Crippen LogP contribution in [-0.2, 0) is 9.59 Å². The first-order valence-electron chi connectivity index (χ1n) is 7.82. The maximum Gasteiger partial charge on any atom is 0.240 e. The minimum absolute atomic E-state index is 0.143. The van der Waals surface area contributed by atoms with Crippen LogP contribution < -0.4 is 10.6 Å². The van der Waals surface area contributed by atoms with Gasteiger partial charge in [-0.05, 0) is 38.3 Å². The second kappa shape index (κ2) is 7.64. The number of para-hydroxylation sites is 1. The van der Waals surface area contributed by atoms with Gasteiger partial charge in [-0.2, -0.15) is 0 Å². The fraction of sp³-hybridized carbons (Fsp3) is 0.471. The Balaban J connectivity index is 1.98. The molecule has 1 saturated heterocycles. The molecule has 124 valence electrons. The Morgan fingerprint density at radius 2 is 2.04 bits per heavy atom. The maximum atomic E-state index is 12.3. The number of hydrogen-bond acceptors (Lipinski definition) is 4. The predicted molar refractivity (Wildman–Crippen MR) is 95.9 cm³/mol. The second-order valence-electron chi connectivity index (χ2n) is 5.81. The SMILES string of the molecule is CCC(C)N=C1NC(=O)C(CC(=O)Nc2c(C)cccc2C)S1. The van der Waals surface area contributed by atoms with Gasteiger partial charge in [-0.3, -0.25) is 14.6 Å². The fourth-order valence-electron chi connectivity index (χ4n) is 2.26. The van der Waals surface area contributed by atoms with Crippen molar-refractivity contribution in [2.75, 3.05) is 5.32 Å². The number of rotatable bonds is 5. The Hall–Kier alpha value is -1.82. The van der Waals surface area contributed by atoms with Gasteiger partial charge in [0.1, 0.15) is 5.25 Å². The lowest BCUT2D eigenvalue weighted by Gasteiger charge is -2.12. The number of amidine groups is 1. The standard InChI is InChI=1S/C17H23N3O2S/c1-5-12(4)18-17-20-16(22)13(23-17)9-14(21)19-15-10(2)7-6-8-11(15)3/h6-8,12-13H,5,9H2,1-4H3,(H,19,21)(H,18,20,22). The zero-order chi connectivity index (χ0) is 17.0. The third-order valence-corrected chi connectivity index (χ3v) is 4.92. The monoisotopic (exact) mass is 333 g/mol. The number of aryl methyl sites for hydroxylation is 2. The van der Waals surface area contributed by atoms with Crippen LogP contribution in [-0.4, -0.2) is 28.3 Å². The minimum Gasteiger partial charge on any atom is -0.326 e. The van der Waals surface area contributed by atoms with E-state index in [2.05, 4.69) is 15.6 Å². The number of carbonyl (C=O) groups is 2. The van der Waals surface area contributed by atoms with Gasteiger partial charge in [-0.1, -0.05) is 36.9 Å². The van der Waals surface area contributed by atoms with E-state index in [1.54, 1.807) is 0 Å². The van der Waals surface area contributed by atoms with Gasteiger partial charge >= 0.3 is 0 Å². The maximum absolute atomic E-state index is 12.3. The number of nitrogens with zero attached hydrogens (tertiary/aromatic N) is 1. The van der Waals surface area contributed by atoms with Crippen LogP contribution >= 0.6 is 11.8 Å². The van der Waals surface area contributed by atoms with E-state index in [1.807, 2.05) is 45.9 Å². The Labute approximate surface area is 141 Å². The van der Waals surface area contributed by atoms with E-state index in [1.165, 1.54) is 11.8 Å². The van der Waals surface area contributed by atoms with Gasteiger partial charge in [0.15, 0.2) is 5.17 Å². The number of amides is 2. The average Bonchev–Trinajstić information content (AvgIpc) is 2.82. The minimum atomic E-state index is -0.415. The summed E-state index contributed by atoms with van der Waals surface area (Å²) in [6.45, 7) is 7.96. The molecule has 0 radical (unpaired) electrons. The quantitative estimate of drug-likeness (QED) is 0.870. The van der Waals surface area contributed by atoms with Gasteiger partial charge in [0, 0.05) is 18.2 Å². The van der Waals surface area contributed by atoms with Crippen molar-refractivity contribution in [1.82, 2.24) is 5.32 Å². The molecule has 23 heavy (non-hydrogen) atoms. The van der Waals surface area contributed by atoms with Crippen LogP contribution in [0.3, 0.4) is 0 Å². The molecule has 5 nitrogen and oxygen atoms in total. The lowest BCUT2D eigenvalue weighted by Crippen LogP contribution is -2.28. The first kappa shape index (κ1) is 17.5. The van der Waals surface area contributed by atoms with Gasteiger partial charge < -0.3 is 10.6 Å². The van der Waals surface area contributed by atoms with Crippen molar-refractivity contribution in [3.63, 3.8) is 0 Å². The highest BCUT2D eigenvalue weighted by atomic mass is 32.2. The third-order valence-electron chi connectivity index (χ3n) is 3.82. The van der Waals surface area contributed by atoms with E-state index in [-0.39, 0.29) is 24.3 Å². The summed E-state index contributed by atoms with van der Waals surface area (Å²) in [5.41, 5.74) is 2.86. The van der Waals surface area contributed by atoms with E-state index in [0.29, 0.717) is 5.17 Å². The number of anilines is 1. The van der Waals surface area contributed by atoms with E-state index < -0.39 is 5.25 Å². The predicted octanol–water partition coefficient (Wildman–Crippen LogP) is 3.02. The Morgan fingerprint density at radius 1 is 1.39 bits per heavy atom. The molecule has 1 heterocycles. The number of carbonyl (C=O) groups excluding carboxylic acids is 2. The summed E-state index contributed by atoms with van der Waals surface area (Å²) in [7, 11) is 0. The highest BCUT2D eigenvalue weighted by Gasteiger charge is 2.32. The van der Waals surface area contributed by atoms with Crippen molar-refractivity contribution >= 4 is 34.4 Å². The molecule has 0 aliphatic carbocycles. The molecule has 0 spiro atoms. The summed E-state index contributed by atoms with van der Waals surface area (Å²) < 4.78 is 0. The molecule has 1 aliphatic heterocycles. The molecule has 0 aromatic heterocycles. The molecule has 6 heteroatoms. The molecule has 2 rings (SSSR count). The summed E-state index contributed by atoms with van der Waals surface area (Å²) in [4.78, 5) is 28.7. The van der Waals surface area contributed by atoms with Crippen LogP contribution in [0.4, 0.5) is 5.69 Å². The zero-order valence-electron chi connectivity index (χ0n) is 14.0. The van der Waals surface area contributed by atoms with E-state index in [4.69, 9.17) is 0 Å². The molecular weight excluding hydrogens is 310 g/mol. The van der Waals surface area contributed by atoms with E-state index in [0.717, 1.165) is 23.2 Å². The third kappa shape index (κ3) is 4.58. The lowest BCUT2D eigenvalue weighted by atomic mass is 10.1. The first-order chi connectivity index (χ1) is 10.9. The largest absolute Gasteiger partial charge is 0.326 e. The van der Waals surface area contributed by atoms with Crippen LogP contribution in [0.5, 0.6) is 0 Å². The van der Waals surface area contributed by atoms with Crippen LogP contribution in [0.1, 0.15) is 37.8 Å². The van der Waals surface area contributed by atoms with Gasteiger partial charge in [0.25, 0.3) is 0 Å². The topological polar surface area (TPSA) is 70.6 Å². The molecule has 2 amide bonds. The van der Waals surface area contributed by atoms with Crippen molar-refractivity contribution in [3.05, 3.63) is 29.3 Å². The molecule has 2 N–H and O–H groups in total. The van der Waals surface area contributed by atoms with Crippen LogP contribution in [0.15, 0.2) is 23.2 Å². The number of aliphatic imine (C=N–C) groups is 1. The summed E-state index contributed by atoms with van der Waals surface area (Å²) in [5.74, 6) is -0.298.